The van der Waals surface area contributed by atoms with Crippen LogP contribution in [0, 0.1) is 11.8 Å². The van der Waals surface area contributed by atoms with Crippen molar-refractivity contribution in [3.8, 4) is 0 Å². The molecule has 0 spiro atoms. The predicted octanol–water partition coefficient (Wildman–Crippen LogP) is 2.12. The summed E-state index contributed by atoms with van der Waals surface area (Å²) in [5.74, 6) is 1.70. The molecule has 0 aromatic heterocycles. The van der Waals surface area contributed by atoms with Crippen molar-refractivity contribution < 1.29 is 4.74 Å². The molecule has 0 aromatic carbocycles. The summed E-state index contributed by atoms with van der Waals surface area (Å²) < 4.78 is 5.63. The van der Waals surface area contributed by atoms with Crippen LogP contribution in [0.2, 0.25) is 0 Å². The molecule has 0 aromatic rings. The van der Waals surface area contributed by atoms with Crippen molar-refractivity contribution in [3.63, 3.8) is 0 Å². The van der Waals surface area contributed by atoms with Crippen molar-refractivity contribution in [3.05, 3.63) is 0 Å². The number of likely N-dealkylation sites (tertiary alicyclic amines) is 1. The van der Waals surface area contributed by atoms with E-state index in [1.54, 1.807) is 0 Å². The summed E-state index contributed by atoms with van der Waals surface area (Å²) in [4.78, 5) is 2.66. The highest BCUT2D eigenvalue weighted by Gasteiger charge is 2.30. The number of likely N-dealkylation sites (N-methyl/N-ethyl adjacent to an activating group) is 1. The van der Waals surface area contributed by atoms with E-state index >= 15 is 0 Å². The topological polar surface area (TPSA) is 24.5 Å². The second-order valence-corrected chi connectivity index (χ2v) is 5.99. The van der Waals surface area contributed by atoms with Crippen molar-refractivity contribution in [2.75, 3.05) is 39.4 Å². The molecule has 0 radical (unpaired) electrons. The number of rotatable bonds is 6. The van der Waals surface area contributed by atoms with Gasteiger partial charge in [-0.3, -0.25) is 0 Å². The molecule has 0 aliphatic carbocycles. The van der Waals surface area contributed by atoms with Crippen molar-refractivity contribution in [2.24, 2.45) is 11.8 Å². The molecule has 0 amide bonds. The average molecular weight is 254 g/mol. The molecular formula is C15H30N2O. The molecule has 1 N–H and O–H groups in total. The lowest BCUT2D eigenvalue weighted by atomic mass is 9.91. The van der Waals surface area contributed by atoms with E-state index in [0.717, 1.165) is 25.7 Å². The van der Waals surface area contributed by atoms with Gasteiger partial charge in [0, 0.05) is 18.5 Å². The molecule has 3 heteroatoms. The molecule has 2 aliphatic rings. The molecule has 0 saturated carbocycles. The molecule has 2 saturated heterocycles. The maximum absolute atomic E-state index is 5.63. The summed E-state index contributed by atoms with van der Waals surface area (Å²) in [6.45, 7) is 11.3. The number of hydrogen-bond acceptors (Lipinski definition) is 3. The Labute approximate surface area is 112 Å². The van der Waals surface area contributed by atoms with E-state index in [2.05, 4.69) is 24.1 Å². The van der Waals surface area contributed by atoms with E-state index in [9.17, 15) is 0 Å². The lowest BCUT2D eigenvalue weighted by molar-refractivity contribution is 0.137. The number of ether oxygens (including phenoxy) is 1. The van der Waals surface area contributed by atoms with Gasteiger partial charge in [-0.25, -0.2) is 0 Å². The van der Waals surface area contributed by atoms with Crippen molar-refractivity contribution in [2.45, 2.75) is 45.6 Å². The number of nitrogens with one attached hydrogen (secondary N) is 1. The summed E-state index contributed by atoms with van der Waals surface area (Å²) in [7, 11) is 0. The second kappa shape index (κ2) is 7.46. The molecular weight excluding hydrogens is 224 g/mol. The molecule has 2 unspecified atom stereocenters. The molecule has 2 aliphatic heterocycles. The standard InChI is InChI=1S/C15H30N2O/c1-3-5-13-6-8-17(9-7-13)10-14-11-18-12-15(14)16-4-2/h13-16H,3-12H2,1-2H3. The molecule has 2 fully saturated rings. The van der Waals surface area contributed by atoms with Crippen LogP contribution in [0.15, 0.2) is 0 Å². The fourth-order valence-electron chi connectivity index (χ4n) is 3.46. The first-order chi connectivity index (χ1) is 8.83. The average Bonchev–Trinajstić information content (AvgIpc) is 2.80. The third-order valence-electron chi connectivity index (χ3n) is 4.56. The maximum Gasteiger partial charge on any atom is 0.0623 e. The van der Waals surface area contributed by atoms with Crippen molar-refractivity contribution in [1.82, 2.24) is 10.2 Å². The third kappa shape index (κ3) is 3.94. The van der Waals surface area contributed by atoms with E-state index in [1.807, 2.05) is 0 Å². The Morgan fingerprint density at radius 2 is 1.94 bits per heavy atom. The van der Waals surface area contributed by atoms with Crippen LogP contribution in [0.1, 0.15) is 39.5 Å². The Morgan fingerprint density at radius 1 is 1.17 bits per heavy atom. The second-order valence-electron chi connectivity index (χ2n) is 5.99. The molecule has 3 nitrogen and oxygen atoms in total. The van der Waals surface area contributed by atoms with Gasteiger partial charge in [0.05, 0.1) is 13.2 Å². The van der Waals surface area contributed by atoms with Gasteiger partial charge in [0.25, 0.3) is 0 Å². The Bertz CT molecular complexity index is 227. The lowest BCUT2D eigenvalue weighted by Gasteiger charge is -2.34. The van der Waals surface area contributed by atoms with Gasteiger partial charge in [-0.05, 0) is 38.4 Å². The number of nitrogens with zero attached hydrogens (tertiary/aromatic N) is 1. The molecule has 0 bridgehead atoms. The van der Waals surface area contributed by atoms with E-state index < -0.39 is 0 Å². The van der Waals surface area contributed by atoms with Crippen LogP contribution in [0.4, 0.5) is 0 Å². The monoisotopic (exact) mass is 254 g/mol. The van der Waals surface area contributed by atoms with Gasteiger partial charge in [0.2, 0.25) is 0 Å². The minimum atomic E-state index is 0.586. The quantitative estimate of drug-likeness (QED) is 0.786. The van der Waals surface area contributed by atoms with E-state index in [4.69, 9.17) is 4.74 Å². The Balaban J connectivity index is 1.70. The molecule has 106 valence electrons. The zero-order valence-corrected chi connectivity index (χ0v) is 12.2. The fraction of sp³-hybridized carbons (Fsp3) is 1.00. The van der Waals surface area contributed by atoms with Crippen LogP contribution in [0.5, 0.6) is 0 Å². The maximum atomic E-state index is 5.63. The zero-order valence-electron chi connectivity index (χ0n) is 12.2. The summed E-state index contributed by atoms with van der Waals surface area (Å²) in [5.41, 5.74) is 0. The van der Waals surface area contributed by atoms with Crippen LogP contribution in [-0.2, 0) is 4.74 Å². The Kier molecular flexibility index (Phi) is 5.93. The van der Waals surface area contributed by atoms with Gasteiger partial charge in [-0.2, -0.15) is 0 Å². The van der Waals surface area contributed by atoms with Crippen LogP contribution in [-0.4, -0.2) is 50.3 Å². The minimum absolute atomic E-state index is 0.586. The highest BCUT2D eigenvalue weighted by atomic mass is 16.5. The minimum Gasteiger partial charge on any atom is -0.379 e. The smallest absolute Gasteiger partial charge is 0.0623 e. The van der Waals surface area contributed by atoms with Crippen LogP contribution < -0.4 is 5.32 Å². The lowest BCUT2D eigenvalue weighted by Crippen LogP contribution is -2.44. The van der Waals surface area contributed by atoms with Gasteiger partial charge < -0.3 is 15.0 Å². The molecule has 2 rings (SSSR count). The first-order valence-corrected chi connectivity index (χ1v) is 7.87. The van der Waals surface area contributed by atoms with Gasteiger partial charge in [-0.15, -0.1) is 0 Å². The normalized spacial score (nSPS) is 31.0. The van der Waals surface area contributed by atoms with Gasteiger partial charge in [0.1, 0.15) is 0 Å². The molecule has 2 heterocycles. The van der Waals surface area contributed by atoms with Crippen molar-refractivity contribution >= 4 is 0 Å². The first-order valence-electron chi connectivity index (χ1n) is 7.87. The SMILES string of the molecule is CCCC1CCN(CC2COCC2NCC)CC1. The van der Waals surface area contributed by atoms with Gasteiger partial charge in [0.15, 0.2) is 0 Å². The van der Waals surface area contributed by atoms with Crippen LogP contribution in [0.3, 0.4) is 0 Å². The summed E-state index contributed by atoms with van der Waals surface area (Å²) >= 11 is 0. The Hall–Kier alpha value is -0.120. The summed E-state index contributed by atoms with van der Waals surface area (Å²) in [6.07, 6.45) is 5.60. The van der Waals surface area contributed by atoms with Gasteiger partial charge in [-0.1, -0.05) is 26.7 Å². The highest BCUT2D eigenvalue weighted by molar-refractivity contribution is 4.84. The summed E-state index contributed by atoms with van der Waals surface area (Å²) in [5, 5.41) is 3.56. The van der Waals surface area contributed by atoms with Crippen LogP contribution >= 0.6 is 0 Å². The number of hydrogen-bond donors (Lipinski definition) is 1. The zero-order chi connectivity index (χ0) is 12.8. The predicted molar refractivity (Wildman–Crippen MR) is 75.8 cm³/mol. The highest BCUT2D eigenvalue weighted by Crippen LogP contribution is 2.23. The van der Waals surface area contributed by atoms with Crippen LogP contribution in [0.25, 0.3) is 0 Å². The largest absolute Gasteiger partial charge is 0.379 e. The third-order valence-corrected chi connectivity index (χ3v) is 4.56. The molecule has 2 atom stereocenters. The van der Waals surface area contributed by atoms with E-state index in [-0.39, 0.29) is 0 Å². The van der Waals surface area contributed by atoms with Crippen molar-refractivity contribution in [1.29, 1.82) is 0 Å². The number of piperidine rings is 1. The molecule has 18 heavy (non-hydrogen) atoms. The van der Waals surface area contributed by atoms with E-state index in [1.165, 1.54) is 45.3 Å². The first kappa shape index (κ1) is 14.3. The Morgan fingerprint density at radius 3 is 2.61 bits per heavy atom. The fourth-order valence-corrected chi connectivity index (χ4v) is 3.46. The van der Waals surface area contributed by atoms with E-state index in [0.29, 0.717) is 12.0 Å². The van der Waals surface area contributed by atoms with Gasteiger partial charge >= 0.3 is 0 Å². The summed E-state index contributed by atoms with van der Waals surface area (Å²) in [6, 6.07) is 0.586.